The predicted molar refractivity (Wildman–Crippen MR) is 67.6 cm³/mol. The van der Waals surface area contributed by atoms with Gasteiger partial charge in [0.25, 0.3) is 0 Å². The molecule has 3 aromatic heterocycles. The fraction of sp³-hybridized carbons (Fsp3) is 0.0833. The Morgan fingerprint density at radius 3 is 3.11 bits per heavy atom. The summed E-state index contributed by atoms with van der Waals surface area (Å²) in [5.41, 5.74) is 2.47. The number of imidazole rings is 1. The fourth-order valence-corrected chi connectivity index (χ4v) is 2.64. The molecule has 1 N–H and O–H groups in total. The lowest BCUT2D eigenvalue weighted by Crippen LogP contribution is -2.02. The third kappa shape index (κ3) is 1.86. The number of nitrogens with zero attached hydrogens (tertiary/aromatic N) is 3. The van der Waals surface area contributed by atoms with Crippen molar-refractivity contribution in [3.05, 3.63) is 41.8 Å². The Morgan fingerprint density at radius 1 is 1.50 bits per heavy atom. The van der Waals surface area contributed by atoms with Crippen LogP contribution in [0.15, 0.2) is 36.1 Å². The van der Waals surface area contributed by atoms with Crippen LogP contribution in [-0.4, -0.2) is 25.4 Å². The second-order valence-corrected chi connectivity index (χ2v) is 4.65. The molecule has 3 rings (SSSR count). The van der Waals surface area contributed by atoms with E-state index in [0.717, 1.165) is 21.9 Å². The third-order valence-corrected chi connectivity index (χ3v) is 3.46. The first-order chi connectivity index (χ1) is 8.74. The zero-order valence-electron chi connectivity index (χ0n) is 9.28. The summed E-state index contributed by atoms with van der Waals surface area (Å²) >= 11 is 1.44. The first-order valence-corrected chi connectivity index (χ1v) is 6.19. The molecule has 0 aromatic carbocycles. The average Bonchev–Trinajstić information content (AvgIpc) is 2.92. The van der Waals surface area contributed by atoms with Crippen molar-refractivity contribution in [3.8, 4) is 11.3 Å². The number of aliphatic carboxylic acids is 1. The standard InChI is InChI=1S/C12H9N3O2S/c16-11(17)4-9-7-18-12-14-10(6-15(9)12)8-2-1-3-13-5-8/h1-3,5-7H,4H2,(H,16,17). The first-order valence-electron chi connectivity index (χ1n) is 5.32. The summed E-state index contributed by atoms with van der Waals surface area (Å²) in [7, 11) is 0. The highest BCUT2D eigenvalue weighted by Crippen LogP contribution is 2.23. The summed E-state index contributed by atoms with van der Waals surface area (Å²) < 4.78 is 1.82. The molecule has 90 valence electrons. The Morgan fingerprint density at radius 2 is 2.39 bits per heavy atom. The van der Waals surface area contributed by atoms with Crippen molar-refractivity contribution in [2.24, 2.45) is 0 Å². The number of hydrogen-bond acceptors (Lipinski definition) is 4. The lowest BCUT2D eigenvalue weighted by molar-refractivity contribution is -0.136. The van der Waals surface area contributed by atoms with Crippen LogP contribution in [0.25, 0.3) is 16.2 Å². The van der Waals surface area contributed by atoms with Crippen molar-refractivity contribution < 1.29 is 9.90 Å². The molecule has 0 bridgehead atoms. The maximum absolute atomic E-state index is 10.7. The minimum Gasteiger partial charge on any atom is -0.481 e. The van der Waals surface area contributed by atoms with E-state index >= 15 is 0 Å². The first kappa shape index (κ1) is 10.9. The van der Waals surface area contributed by atoms with Crippen molar-refractivity contribution >= 4 is 22.3 Å². The van der Waals surface area contributed by atoms with Gasteiger partial charge in [-0.1, -0.05) is 0 Å². The second kappa shape index (κ2) is 4.23. The number of carboxylic acids is 1. The van der Waals surface area contributed by atoms with Gasteiger partial charge in [0.1, 0.15) is 0 Å². The molecule has 18 heavy (non-hydrogen) atoms. The molecule has 6 heteroatoms. The van der Waals surface area contributed by atoms with Crippen molar-refractivity contribution in [1.29, 1.82) is 0 Å². The van der Waals surface area contributed by atoms with Crippen LogP contribution < -0.4 is 0 Å². The molecular formula is C12H9N3O2S. The van der Waals surface area contributed by atoms with Crippen LogP contribution in [0.5, 0.6) is 0 Å². The van der Waals surface area contributed by atoms with Crippen LogP contribution >= 0.6 is 11.3 Å². The van der Waals surface area contributed by atoms with Crippen LogP contribution in [-0.2, 0) is 11.2 Å². The quantitative estimate of drug-likeness (QED) is 0.782. The Hall–Kier alpha value is -2.21. The van der Waals surface area contributed by atoms with Crippen molar-refractivity contribution in [2.45, 2.75) is 6.42 Å². The number of carbonyl (C=O) groups is 1. The minimum absolute atomic E-state index is 0.00282. The Bertz CT molecular complexity index is 703. The SMILES string of the molecule is O=C(O)Cc1csc2nc(-c3cccnc3)cn12. The van der Waals surface area contributed by atoms with E-state index in [-0.39, 0.29) is 6.42 Å². The van der Waals surface area contributed by atoms with E-state index in [0.29, 0.717) is 0 Å². The largest absolute Gasteiger partial charge is 0.481 e. The van der Waals surface area contributed by atoms with Gasteiger partial charge in [0.15, 0.2) is 4.96 Å². The maximum atomic E-state index is 10.7. The van der Waals surface area contributed by atoms with E-state index in [1.165, 1.54) is 11.3 Å². The van der Waals surface area contributed by atoms with Gasteiger partial charge in [-0.05, 0) is 12.1 Å². The molecule has 0 unspecified atom stereocenters. The van der Waals surface area contributed by atoms with Gasteiger partial charge in [-0.25, -0.2) is 4.98 Å². The normalized spacial score (nSPS) is 10.9. The van der Waals surface area contributed by atoms with Gasteiger partial charge in [-0.2, -0.15) is 0 Å². The van der Waals surface area contributed by atoms with E-state index in [2.05, 4.69) is 9.97 Å². The number of thiazole rings is 1. The molecular weight excluding hydrogens is 250 g/mol. The number of hydrogen-bond donors (Lipinski definition) is 1. The van der Waals surface area contributed by atoms with Gasteiger partial charge in [0, 0.05) is 35.2 Å². The number of carboxylic acid groups (broad SMARTS) is 1. The zero-order valence-corrected chi connectivity index (χ0v) is 10.1. The highest BCUT2D eigenvalue weighted by molar-refractivity contribution is 7.15. The van der Waals surface area contributed by atoms with Gasteiger partial charge in [-0.3, -0.25) is 14.2 Å². The van der Waals surface area contributed by atoms with Gasteiger partial charge < -0.3 is 5.11 Å². The second-order valence-electron chi connectivity index (χ2n) is 3.82. The highest BCUT2D eigenvalue weighted by Gasteiger charge is 2.11. The van der Waals surface area contributed by atoms with E-state index in [9.17, 15) is 4.79 Å². The molecule has 0 aliphatic carbocycles. The monoisotopic (exact) mass is 259 g/mol. The van der Waals surface area contributed by atoms with Crippen molar-refractivity contribution in [2.75, 3.05) is 0 Å². The summed E-state index contributed by atoms with van der Waals surface area (Å²) in [5.74, 6) is -0.841. The fourth-order valence-electron chi connectivity index (χ4n) is 1.76. The maximum Gasteiger partial charge on any atom is 0.309 e. The van der Waals surface area contributed by atoms with Crippen LogP contribution in [0, 0.1) is 0 Å². The van der Waals surface area contributed by atoms with E-state index in [1.54, 1.807) is 12.4 Å². The lowest BCUT2D eigenvalue weighted by Gasteiger charge is -1.94. The molecule has 0 saturated heterocycles. The molecule has 0 radical (unpaired) electrons. The summed E-state index contributed by atoms with van der Waals surface area (Å²) in [6.45, 7) is 0. The average molecular weight is 259 g/mol. The predicted octanol–water partition coefficient (Wildman–Crippen LogP) is 2.08. The summed E-state index contributed by atoms with van der Waals surface area (Å²) in [6, 6.07) is 3.78. The molecule has 0 saturated carbocycles. The number of aromatic nitrogens is 3. The lowest BCUT2D eigenvalue weighted by atomic mass is 10.2. The number of fused-ring (bicyclic) bond motifs is 1. The van der Waals surface area contributed by atoms with Gasteiger partial charge >= 0.3 is 5.97 Å². The molecule has 3 heterocycles. The van der Waals surface area contributed by atoms with E-state index < -0.39 is 5.97 Å². The van der Waals surface area contributed by atoms with Crippen LogP contribution in [0.4, 0.5) is 0 Å². The summed E-state index contributed by atoms with van der Waals surface area (Å²) in [6.07, 6.45) is 5.30. The van der Waals surface area contributed by atoms with Gasteiger partial charge in [0.2, 0.25) is 0 Å². The molecule has 0 atom stereocenters. The third-order valence-electron chi connectivity index (χ3n) is 2.57. The highest BCUT2D eigenvalue weighted by atomic mass is 32.1. The van der Waals surface area contributed by atoms with Crippen LogP contribution in [0.2, 0.25) is 0 Å². The molecule has 3 aromatic rings. The van der Waals surface area contributed by atoms with E-state index in [4.69, 9.17) is 5.11 Å². The summed E-state index contributed by atoms with van der Waals surface area (Å²) in [5, 5.41) is 10.7. The van der Waals surface area contributed by atoms with Crippen LogP contribution in [0.1, 0.15) is 5.69 Å². The Balaban J connectivity index is 2.07. The molecule has 0 amide bonds. The van der Waals surface area contributed by atoms with E-state index in [1.807, 2.05) is 28.1 Å². The Kier molecular flexibility index (Phi) is 2.56. The van der Waals surface area contributed by atoms with Crippen molar-refractivity contribution in [3.63, 3.8) is 0 Å². The molecule has 0 aliphatic rings. The minimum atomic E-state index is -0.841. The topological polar surface area (TPSA) is 67.5 Å². The van der Waals surface area contributed by atoms with Crippen LogP contribution in [0.3, 0.4) is 0 Å². The summed E-state index contributed by atoms with van der Waals surface area (Å²) in [4.78, 5) is 20.1. The van der Waals surface area contributed by atoms with Gasteiger partial charge in [-0.15, -0.1) is 11.3 Å². The molecule has 5 nitrogen and oxygen atoms in total. The molecule has 0 fully saturated rings. The van der Waals surface area contributed by atoms with Crippen molar-refractivity contribution in [1.82, 2.24) is 14.4 Å². The number of pyridine rings is 1. The smallest absolute Gasteiger partial charge is 0.309 e. The zero-order chi connectivity index (χ0) is 12.5. The van der Waals surface area contributed by atoms with Gasteiger partial charge in [0.05, 0.1) is 12.1 Å². The number of rotatable bonds is 3. The molecule has 0 aliphatic heterocycles. The Labute approximate surface area is 106 Å². The molecule has 0 spiro atoms.